The fraction of sp³-hybridized carbons (Fsp3) is 0.385. The van der Waals surface area contributed by atoms with Crippen LogP contribution in [0.25, 0.3) is 0 Å². The lowest BCUT2D eigenvalue weighted by Gasteiger charge is -2.25. The smallest absolute Gasteiger partial charge is 0.325 e. The second-order valence-electron chi connectivity index (χ2n) is 4.23. The lowest BCUT2D eigenvalue weighted by molar-refractivity contribution is -0.141. The number of nitrogens with zero attached hydrogens (tertiary/aromatic N) is 1. The van der Waals surface area contributed by atoms with Gasteiger partial charge in [-0.05, 0) is 32.0 Å². The van der Waals surface area contributed by atoms with Crippen LogP contribution >= 0.6 is 15.9 Å². The number of ether oxygens (including phenoxy) is 1. The lowest BCUT2D eigenvalue weighted by atomic mass is 10.1. The molecule has 0 radical (unpaired) electrons. The first-order chi connectivity index (χ1) is 8.86. The number of esters is 1. The Morgan fingerprint density at radius 2 is 2.05 bits per heavy atom. The molecule has 0 spiro atoms. The van der Waals surface area contributed by atoms with Gasteiger partial charge in [-0.15, -0.1) is 0 Å². The highest BCUT2D eigenvalue weighted by atomic mass is 79.9. The third-order valence-corrected chi connectivity index (χ3v) is 3.07. The van der Waals surface area contributed by atoms with Gasteiger partial charge in [-0.2, -0.15) is 0 Å². The van der Waals surface area contributed by atoms with Crippen LogP contribution in [-0.4, -0.2) is 36.5 Å². The first kappa shape index (κ1) is 15.6. The van der Waals surface area contributed by atoms with Crippen molar-refractivity contribution in [3.8, 4) is 0 Å². The van der Waals surface area contributed by atoms with E-state index in [4.69, 9.17) is 0 Å². The summed E-state index contributed by atoms with van der Waals surface area (Å²) in [5, 5.41) is 0. The van der Waals surface area contributed by atoms with Crippen molar-refractivity contribution in [1.29, 1.82) is 0 Å². The SMILES string of the molecule is COC(=O)CN(C(=O)c1ccc(Br)cc1F)C(C)C. The first-order valence-electron chi connectivity index (χ1n) is 5.69. The number of hydrogen-bond acceptors (Lipinski definition) is 3. The highest BCUT2D eigenvalue weighted by Crippen LogP contribution is 2.18. The molecular weight excluding hydrogens is 317 g/mol. The summed E-state index contributed by atoms with van der Waals surface area (Å²) < 4.78 is 18.8. The number of benzene rings is 1. The largest absolute Gasteiger partial charge is 0.468 e. The molecular formula is C13H15BrFNO3. The quantitative estimate of drug-likeness (QED) is 0.797. The molecule has 0 heterocycles. The van der Waals surface area contributed by atoms with Gasteiger partial charge in [-0.3, -0.25) is 9.59 Å². The lowest BCUT2D eigenvalue weighted by Crippen LogP contribution is -2.41. The van der Waals surface area contributed by atoms with E-state index in [-0.39, 0.29) is 18.2 Å². The predicted octanol–water partition coefficient (Wildman–Crippen LogP) is 2.61. The van der Waals surface area contributed by atoms with Crippen molar-refractivity contribution in [2.24, 2.45) is 0 Å². The summed E-state index contributed by atoms with van der Waals surface area (Å²) >= 11 is 3.12. The van der Waals surface area contributed by atoms with E-state index < -0.39 is 17.7 Å². The fourth-order valence-electron chi connectivity index (χ4n) is 1.51. The Bertz CT molecular complexity index is 491. The van der Waals surface area contributed by atoms with Crippen molar-refractivity contribution in [1.82, 2.24) is 4.90 Å². The van der Waals surface area contributed by atoms with E-state index in [1.54, 1.807) is 19.9 Å². The van der Waals surface area contributed by atoms with Gasteiger partial charge in [0.25, 0.3) is 5.91 Å². The Hall–Kier alpha value is -1.43. The van der Waals surface area contributed by atoms with Crippen molar-refractivity contribution >= 4 is 27.8 Å². The zero-order valence-electron chi connectivity index (χ0n) is 10.9. The first-order valence-corrected chi connectivity index (χ1v) is 6.49. The molecule has 0 atom stereocenters. The number of rotatable bonds is 4. The van der Waals surface area contributed by atoms with Crippen LogP contribution in [0.3, 0.4) is 0 Å². The van der Waals surface area contributed by atoms with E-state index in [1.807, 2.05) is 0 Å². The highest BCUT2D eigenvalue weighted by molar-refractivity contribution is 9.10. The van der Waals surface area contributed by atoms with Crippen LogP contribution in [-0.2, 0) is 9.53 Å². The summed E-state index contributed by atoms with van der Waals surface area (Å²) in [7, 11) is 1.24. The average molecular weight is 332 g/mol. The minimum Gasteiger partial charge on any atom is -0.468 e. The van der Waals surface area contributed by atoms with E-state index in [2.05, 4.69) is 20.7 Å². The van der Waals surface area contributed by atoms with Gasteiger partial charge in [0.05, 0.1) is 12.7 Å². The fourth-order valence-corrected chi connectivity index (χ4v) is 1.84. The van der Waals surface area contributed by atoms with E-state index in [0.29, 0.717) is 4.47 Å². The third-order valence-electron chi connectivity index (χ3n) is 2.57. The molecule has 0 unspecified atom stereocenters. The number of carbonyl (C=O) groups excluding carboxylic acids is 2. The van der Waals surface area contributed by atoms with E-state index in [0.717, 1.165) is 0 Å². The summed E-state index contributed by atoms with van der Waals surface area (Å²) in [4.78, 5) is 24.8. The molecule has 0 aliphatic carbocycles. The molecule has 0 fully saturated rings. The Morgan fingerprint density at radius 3 is 2.53 bits per heavy atom. The Kier molecular flexibility index (Phi) is 5.47. The minimum atomic E-state index is -0.630. The van der Waals surface area contributed by atoms with Crippen molar-refractivity contribution < 1.29 is 18.7 Å². The minimum absolute atomic E-state index is 0.0687. The maximum absolute atomic E-state index is 13.8. The summed E-state index contributed by atoms with van der Waals surface area (Å²) in [6.45, 7) is 3.29. The Balaban J connectivity index is 3.02. The molecule has 0 saturated heterocycles. The van der Waals surface area contributed by atoms with Gasteiger partial charge in [0.1, 0.15) is 12.4 Å². The average Bonchev–Trinajstić information content (AvgIpc) is 2.34. The van der Waals surface area contributed by atoms with Gasteiger partial charge in [0, 0.05) is 10.5 Å². The third kappa shape index (κ3) is 4.02. The summed E-state index contributed by atoms with van der Waals surface area (Å²) in [5.74, 6) is -1.71. The highest BCUT2D eigenvalue weighted by Gasteiger charge is 2.24. The van der Waals surface area contributed by atoms with Crippen molar-refractivity contribution in [3.63, 3.8) is 0 Å². The number of halogens is 2. The topological polar surface area (TPSA) is 46.6 Å². The monoisotopic (exact) mass is 331 g/mol. The van der Waals surface area contributed by atoms with Gasteiger partial charge in [0.15, 0.2) is 0 Å². The van der Waals surface area contributed by atoms with Crippen LogP contribution in [0.2, 0.25) is 0 Å². The van der Waals surface area contributed by atoms with E-state index in [9.17, 15) is 14.0 Å². The molecule has 19 heavy (non-hydrogen) atoms. The predicted molar refractivity (Wildman–Crippen MR) is 72.3 cm³/mol. The molecule has 1 aromatic rings. The Labute approximate surface area is 119 Å². The normalized spacial score (nSPS) is 10.4. The van der Waals surface area contributed by atoms with Crippen LogP contribution in [0.4, 0.5) is 4.39 Å². The number of amides is 1. The van der Waals surface area contributed by atoms with Crippen molar-refractivity contribution in [2.75, 3.05) is 13.7 Å². The van der Waals surface area contributed by atoms with Crippen molar-refractivity contribution in [2.45, 2.75) is 19.9 Å². The molecule has 6 heteroatoms. The molecule has 0 aromatic heterocycles. The number of carbonyl (C=O) groups is 2. The molecule has 4 nitrogen and oxygen atoms in total. The zero-order chi connectivity index (χ0) is 14.6. The maximum Gasteiger partial charge on any atom is 0.325 e. The van der Waals surface area contributed by atoms with Crippen LogP contribution in [0.1, 0.15) is 24.2 Å². The van der Waals surface area contributed by atoms with Gasteiger partial charge < -0.3 is 9.64 Å². The van der Waals surface area contributed by atoms with Gasteiger partial charge in [-0.25, -0.2) is 4.39 Å². The standard InChI is InChI=1S/C13H15BrFNO3/c1-8(2)16(7-12(17)19-3)13(18)10-5-4-9(14)6-11(10)15/h4-6,8H,7H2,1-3H3. The zero-order valence-corrected chi connectivity index (χ0v) is 12.5. The van der Waals surface area contributed by atoms with E-state index >= 15 is 0 Å². The molecule has 0 aliphatic rings. The molecule has 0 saturated carbocycles. The van der Waals surface area contributed by atoms with Crippen LogP contribution in [0.5, 0.6) is 0 Å². The van der Waals surface area contributed by atoms with E-state index in [1.165, 1.54) is 24.1 Å². The maximum atomic E-state index is 13.8. The molecule has 104 valence electrons. The second kappa shape index (κ2) is 6.65. The van der Waals surface area contributed by atoms with Crippen LogP contribution < -0.4 is 0 Å². The summed E-state index contributed by atoms with van der Waals surface area (Å²) in [6.07, 6.45) is 0. The Morgan fingerprint density at radius 1 is 1.42 bits per heavy atom. The second-order valence-corrected chi connectivity index (χ2v) is 5.14. The molecule has 0 N–H and O–H groups in total. The van der Waals surface area contributed by atoms with Crippen LogP contribution in [0.15, 0.2) is 22.7 Å². The molecule has 0 bridgehead atoms. The molecule has 1 amide bonds. The van der Waals surface area contributed by atoms with Crippen molar-refractivity contribution in [3.05, 3.63) is 34.1 Å². The molecule has 1 aromatic carbocycles. The molecule has 0 aliphatic heterocycles. The summed E-state index contributed by atoms with van der Waals surface area (Å²) in [6, 6.07) is 3.93. The van der Waals surface area contributed by atoms with Gasteiger partial charge >= 0.3 is 5.97 Å². The van der Waals surface area contributed by atoms with Crippen LogP contribution in [0, 0.1) is 5.82 Å². The van der Waals surface area contributed by atoms with Gasteiger partial charge in [0.2, 0.25) is 0 Å². The number of methoxy groups -OCH3 is 1. The molecule has 1 rings (SSSR count). The van der Waals surface area contributed by atoms with Gasteiger partial charge in [-0.1, -0.05) is 15.9 Å². The summed E-state index contributed by atoms with van der Waals surface area (Å²) in [5.41, 5.74) is -0.0687. The number of hydrogen-bond donors (Lipinski definition) is 0.